The molecule has 1 fully saturated rings. The van der Waals surface area contributed by atoms with Crippen LogP contribution in [0.3, 0.4) is 0 Å². The average Bonchev–Trinajstić information content (AvgIpc) is 2.21. The van der Waals surface area contributed by atoms with Gasteiger partial charge in [-0.3, -0.25) is 4.79 Å². The van der Waals surface area contributed by atoms with Gasteiger partial charge in [-0.25, -0.2) is 0 Å². The second-order valence-corrected chi connectivity index (χ2v) is 4.68. The predicted molar refractivity (Wildman–Crippen MR) is 60.9 cm³/mol. The molecule has 0 saturated carbocycles. The van der Waals surface area contributed by atoms with E-state index >= 15 is 0 Å². The average molecular weight is 213 g/mol. The highest BCUT2D eigenvalue weighted by Crippen LogP contribution is 2.36. The molecule has 0 amide bonds. The summed E-state index contributed by atoms with van der Waals surface area (Å²) in [5.41, 5.74) is -0.418. The molecule has 0 spiro atoms. The SMILES string of the molecule is CCCN1CCC(CCC)(C(=O)O)CC1. The van der Waals surface area contributed by atoms with Crippen LogP contribution in [0.1, 0.15) is 46.0 Å². The minimum Gasteiger partial charge on any atom is -0.481 e. The van der Waals surface area contributed by atoms with E-state index in [4.69, 9.17) is 0 Å². The molecule has 0 bridgehead atoms. The van der Waals surface area contributed by atoms with Crippen molar-refractivity contribution in [3.8, 4) is 0 Å². The minimum atomic E-state index is -0.583. The fraction of sp³-hybridized carbons (Fsp3) is 0.917. The molecule has 0 unspecified atom stereocenters. The third-order valence-corrected chi connectivity index (χ3v) is 3.54. The Morgan fingerprint density at radius 3 is 2.27 bits per heavy atom. The molecule has 1 aliphatic rings. The van der Waals surface area contributed by atoms with Gasteiger partial charge in [0.1, 0.15) is 0 Å². The lowest BCUT2D eigenvalue weighted by atomic mass is 9.75. The Morgan fingerprint density at radius 2 is 1.87 bits per heavy atom. The van der Waals surface area contributed by atoms with Crippen molar-refractivity contribution in [2.75, 3.05) is 19.6 Å². The summed E-state index contributed by atoms with van der Waals surface area (Å²) < 4.78 is 0. The van der Waals surface area contributed by atoms with E-state index in [0.29, 0.717) is 0 Å². The highest BCUT2D eigenvalue weighted by molar-refractivity contribution is 5.74. The summed E-state index contributed by atoms with van der Waals surface area (Å²) in [5, 5.41) is 9.32. The van der Waals surface area contributed by atoms with Gasteiger partial charge in [0.15, 0.2) is 0 Å². The molecule has 0 aromatic heterocycles. The standard InChI is InChI=1S/C12H23NO2/c1-3-5-12(11(14)15)6-9-13(8-4-2)10-7-12/h3-10H2,1-2H3,(H,14,15). The number of aliphatic carboxylic acids is 1. The van der Waals surface area contributed by atoms with Crippen LogP contribution in [0.2, 0.25) is 0 Å². The maximum absolute atomic E-state index is 11.3. The lowest BCUT2D eigenvalue weighted by Gasteiger charge is -2.38. The van der Waals surface area contributed by atoms with Gasteiger partial charge in [-0.05, 0) is 45.3 Å². The molecule has 3 nitrogen and oxygen atoms in total. The van der Waals surface area contributed by atoms with E-state index in [1.165, 1.54) is 0 Å². The van der Waals surface area contributed by atoms with Gasteiger partial charge in [0.05, 0.1) is 5.41 Å². The lowest BCUT2D eigenvalue weighted by Crippen LogP contribution is -2.44. The van der Waals surface area contributed by atoms with Crippen LogP contribution in [-0.4, -0.2) is 35.6 Å². The number of hydrogen-bond donors (Lipinski definition) is 1. The van der Waals surface area contributed by atoms with Crippen LogP contribution in [0.5, 0.6) is 0 Å². The first-order valence-corrected chi connectivity index (χ1v) is 6.10. The highest BCUT2D eigenvalue weighted by Gasteiger charge is 2.40. The van der Waals surface area contributed by atoms with E-state index in [1.807, 2.05) is 0 Å². The number of carbonyl (C=O) groups is 1. The Labute approximate surface area is 92.5 Å². The molecule has 1 aliphatic heterocycles. The van der Waals surface area contributed by atoms with Gasteiger partial charge in [0.25, 0.3) is 0 Å². The molecule has 0 radical (unpaired) electrons. The number of hydrogen-bond acceptors (Lipinski definition) is 2. The van der Waals surface area contributed by atoms with Crippen molar-refractivity contribution < 1.29 is 9.90 Å². The number of rotatable bonds is 5. The van der Waals surface area contributed by atoms with Crippen LogP contribution in [-0.2, 0) is 4.79 Å². The smallest absolute Gasteiger partial charge is 0.309 e. The molecule has 1 rings (SSSR count). The Balaban J connectivity index is 2.53. The van der Waals surface area contributed by atoms with Gasteiger partial charge < -0.3 is 10.0 Å². The Bertz CT molecular complexity index is 208. The van der Waals surface area contributed by atoms with Crippen molar-refractivity contribution >= 4 is 5.97 Å². The Morgan fingerprint density at radius 1 is 1.27 bits per heavy atom. The maximum Gasteiger partial charge on any atom is 0.309 e. The molecule has 1 N–H and O–H groups in total. The van der Waals surface area contributed by atoms with Gasteiger partial charge in [-0.2, -0.15) is 0 Å². The molecule has 0 atom stereocenters. The Kier molecular flexibility index (Phi) is 4.58. The van der Waals surface area contributed by atoms with Gasteiger partial charge in [0, 0.05) is 0 Å². The van der Waals surface area contributed by atoms with Crippen molar-refractivity contribution in [3.63, 3.8) is 0 Å². The van der Waals surface area contributed by atoms with E-state index in [0.717, 1.165) is 51.7 Å². The summed E-state index contributed by atoms with van der Waals surface area (Å²) in [6, 6.07) is 0. The number of nitrogens with zero attached hydrogens (tertiary/aromatic N) is 1. The number of piperidine rings is 1. The summed E-state index contributed by atoms with van der Waals surface area (Å²) in [4.78, 5) is 13.7. The fourth-order valence-electron chi connectivity index (χ4n) is 2.57. The summed E-state index contributed by atoms with van der Waals surface area (Å²) in [6.07, 6.45) is 4.63. The molecule has 1 saturated heterocycles. The molecule has 1 heterocycles. The van der Waals surface area contributed by atoms with Crippen LogP contribution in [0.25, 0.3) is 0 Å². The fourth-order valence-corrected chi connectivity index (χ4v) is 2.57. The molecule has 0 aromatic rings. The highest BCUT2D eigenvalue weighted by atomic mass is 16.4. The minimum absolute atomic E-state index is 0.418. The Hall–Kier alpha value is -0.570. The summed E-state index contributed by atoms with van der Waals surface area (Å²) >= 11 is 0. The van der Waals surface area contributed by atoms with Crippen molar-refractivity contribution in [2.24, 2.45) is 5.41 Å². The van der Waals surface area contributed by atoms with Gasteiger partial charge in [0.2, 0.25) is 0 Å². The molecule has 0 aliphatic carbocycles. The van der Waals surface area contributed by atoms with Gasteiger partial charge in [-0.1, -0.05) is 20.3 Å². The molecular formula is C12H23NO2. The zero-order valence-electron chi connectivity index (χ0n) is 9.96. The summed E-state index contributed by atoms with van der Waals surface area (Å²) in [6.45, 7) is 7.27. The largest absolute Gasteiger partial charge is 0.481 e. The molecule has 3 heteroatoms. The second-order valence-electron chi connectivity index (χ2n) is 4.68. The van der Waals surface area contributed by atoms with Gasteiger partial charge >= 0.3 is 5.97 Å². The van der Waals surface area contributed by atoms with Crippen molar-refractivity contribution in [2.45, 2.75) is 46.0 Å². The monoisotopic (exact) mass is 213 g/mol. The second kappa shape index (κ2) is 5.50. The number of likely N-dealkylation sites (tertiary alicyclic amines) is 1. The van der Waals surface area contributed by atoms with Crippen molar-refractivity contribution in [3.05, 3.63) is 0 Å². The van der Waals surface area contributed by atoms with E-state index in [1.54, 1.807) is 0 Å². The third-order valence-electron chi connectivity index (χ3n) is 3.54. The first kappa shape index (κ1) is 12.5. The predicted octanol–water partition coefficient (Wildman–Crippen LogP) is 2.36. The lowest BCUT2D eigenvalue weighted by molar-refractivity contribution is -0.152. The molecule has 0 aromatic carbocycles. The third kappa shape index (κ3) is 2.94. The van der Waals surface area contributed by atoms with Crippen LogP contribution in [0, 0.1) is 5.41 Å². The first-order valence-electron chi connectivity index (χ1n) is 6.10. The molecule has 88 valence electrons. The van der Waals surface area contributed by atoms with E-state index in [9.17, 15) is 9.90 Å². The summed E-state index contributed by atoms with van der Waals surface area (Å²) in [5.74, 6) is -0.583. The van der Waals surface area contributed by atoms with Crippen LogP contribution in [0.4, 0.5) is 0 Å². The van der Waals surface area contributed by atoms with Crippen molar-refractivity contribution in [1.29, 1.82) is 0 Å². The normalized spacial score (nSPS) is 21.5. The maximum atomic E-state index is 11.3. The van der Waals surface area contributed by atoms with Gasteiger partial charge in [-0.15, -0.1) is 0 Å². The van der Waals surface area contributed by atoms with Crippen molar-refractivity contribution in [1.82, 2.24) is 4.90 Å². The van der Waals surface area contributed by atoms with Crippen LogP contribution in [0.15, 0.2) is 0 Å². The number of carboxylic acid groups (broad SMARTS) is 1. The van der Waals surface area contributed by atoms with Crippen LogP contribution < -0.4 is 0 Å². The molecule has 15 heavy (non-hydrogen) atoms. The van der Waals surface area contributed by atoms with E-state index in [2.05, 4.69) is 18.7 Å². The summed E-state index contributed by atoms with van der Waals surface area (Å²) in [7, 11) is 0. The van der Waals surface area contributed by atoms with E-state index < -0.39 is 11.4 Å². The molecular weight excluding hydrogens is 190 g/mol. The first-order chi connectivity index (χ1) is 7.14. The zero-order chi connectivity index (χ0) is 11.3. The van der Waals surface area contributed by atoms with Crippen LogP contribution >= 0.6 is 0 Å². The zero-order valence-corrected chi connectivity index (χ0v) is 9.96. The number of carboxylic acids is 1. The topological polar surface area (TPSA) is 40.5 Å². The van der Waals surface area contributed by atoms with E-state index in [-0.39, 0.29) is 0 Å². The quantitative estimate of drug-likeness (QED) is 0.762.